The molecule has 2 aromatic rings. The molecule has 112 valence electrons. The molecule has 0 fully saturated rings. The monoisotopic (exact) mass is 296 g/mol. The first-order valence-electron chi connectivity index (χ1n) is 6.34. The van der Waals surface area contributed by atoms with Crippen LogP contribution < -0.4 is 15.8 Å². The third kappa shape index (κ3) is 4.59. The minimum atomic E-state index is -4.31. The maximum atomic E-state index is 12.4. The number of alkyl halides is 3. The zero-order valence-corrected chi connectivity index (χ0v) is 11.2. The summed E-state index contributed by atoms with van der Waals surface area (Å²) in [5, 5.41) is 2.99. The highest BCUT2D eigenvalue weighted by Gasteiger charge is 2.29. The molecule has 0 aliphatic heterocycles. The topological polar surface area (TPSA) is 47.3 Å². The summed E-state index contributed by atoms with van der Waals surface area (Å²) in [5.41, 5.74) is 6.16. The molecule has 0 atom stereocenters. The molecule has 0 radical (unpaired) electrons. The van der Waals surface area contributed by atoms with E-state index in [1.54, 1.807) is 24.3 Å². The van der Waals surface area contributed by atoms with E-state index in [0.29, 0.717) is 30.3 Å². The molecule has 0 aromatic heterocycles. The molecule has 3 N–H and O–H groups in total. The van der Waals surface area contributed by atoms with Crippen molar-refractivity contribution in [2.75, 3.05) is 24.2 Å². The van der Waals surface area contributed by atoms with Crippen LogP contribution in [0.5, 0.6) is 5.75 Å². The van der Waals surface area contributed by atoms with E-state index in [4.69, 9.17) is 10.5 Å². The third-order valence-electron chi connectivity index (χ3n) is 2.79. The number of hydrogen-bond donors (Lipinski definition) is 2. The predicted octanol–water partition coefficient (Wildman–Crippen LogP) is 3.78. The molecular weight excluding hydrogens is 281 g/mol. The van der Waals surface area contributed by atoms with E-state index in [0.717, 1.165) is 12.1 Å². The van der Waals surface area contributed by atoms with Gasteiger partial charge in [-0.05, 0) is 48.5 Å². The van der Waals surface area contributed by atoms with Crippen molar-refractivity contribution in [1.29, 1.82) is 0 Å². The minimum absolute atomic E-state index is 0.394. The second-order valence-electron chi connectivity index (χ2n) is 4.42. The molecule has 0 aliphatic rings. The number of rotatable bonds is 5. The van der Waals surface area contributed by atoms with Crippen molar-refractivity contribution < 1.29 is 17.9 Å². The van der Waals surface area contributed by atoms with E-state index in [9.17, 15) is 13.2 Å². The van der Waals surface area contributed by atoms with Crippen LogP contribution in [0.4, 0.5) is 24.5 Å². The fourth-order valence-electron chi connectivity index (χ4n) is 1.71. The largest absolute Gasteiger partial charge is 0.492 e. The van der Waals surface area contributed by atoms with Gasteiger partial charge in [0.15, 0.2) is 0 Å². The highest BCUT2D eigenvalue weighted by molar-refractivity contribution is 5.45. The number of nitrogen functional groups attached to an aromatic ring is 1. The van der Waals surface area contributed by atoms with Gasteiger partial charge in [0.25, 0.3) is 0 Å². The average Bonchev–Trinajstić information content (AvgIpc) is 2.45. The first-order valence-corrected chi connectivity index (χ1v) is 6.34. The van der Waals surface area contributed by atoms with Gasteiger partial charge in [-0.3, -0.25) is 0 Å². The molecule has 0 heterocycles. The van der Waals surface area contributed by atoms with E-state index in [1.165, 1.54) is 12.1 Å². The highest BCUT2D eigenvalue weighted by Crippen LogP contribution is 2.29. The smallest absolute Gasteiger partial charge is 0.416 e. The van der Waals surface area contributed by atoms with Crippen LogP contribution in [0, 0.1) is 0 Å². The molecule has 2 rings (SSSR count). The van der Waals surface area contributed by atoms with Crippen molar-refractivity contribution in [2.24, 2.45) is 0 Å². The Morgan fingerprint density at radius 3 is 2.14 bits per heavy atom. The fourth-order valence-corrected chi connectivity index (χ4v) is 1.71. The van der Waals surface area contributed by atoms with Gasteiger partial charge in [-0.25, -0.2) is 0 Å². The molecule has 21 heavy (non-hydrogen) atoms. The lowest BCUT2D eigenvalue weighted by molar-refractivity contribution is -0.137. The van der Waals surface area contributed by atoms with Crippen LogP contribution >= 0.6 is 0 Å². The molecule has 2 aromatic carbocycles. The van der Waals surface area contributed by atoms with Crippen molar-refractivity contribution in [2.45, 2.75) is 6.18 Å². The summed E-state index contributed by atoms with van der Waals surface area (Å²) in [6.45, 7) is 0.876. The molecule has 0 unspecified atom stereocenters. The van der Waals surface area contributed by atoms with Crippen molar-refractivity contribution in [3.63, 3.8) is 0 Å². The Hall–Kier alpha value is -2.37. The molecular formula is C15H15F3N2O. The van der Waals surface area contributed by atoms with E-state index in [1.807, 2.05) is 0 Å². The van der Waals surface area contributed by atoms with Crippen LogP contribution in [0.2, 0.25) is 0 Å². The number of ether oxygens (including phenoxy) is 1. The summed E-state index contributed by atoms with van der Waals surface area (Å²) in [6, 6.07) is 11.9. The molecule has 0 saturated carbocycles. The maximum absolute atomic E-state index is 12.4. The zero-order chi connectivity index (χ0) is 15.3. The van der Waals surface area contributed by atoms with Gasteiger partial charge in [0.05, 0.1) is 5.56 Å². The van der Waals surface area contributed by atoms with Crippen molar-refractivity contribution in [3.8, 4) is 5.75 Å². The van der Waals surface area contributed by atoms with Crippen LogP contribution in [-0.4, -0.2) is 13.2 Å². The zero-order valence-electron chi connectivity index (χ0n) is 11.2. The Morgan fingerprint density at radius 1 is 0.952 bits per heavy atom. The summed E-state index contributed by atoms with van der Waals surface area (Å²) in [7, 11) is 0. The number of benzene rings is 2. The van der Waals surface area contributed by atoms with Crippen LogP contribution in [0.3, 0.4) is 0 Å². The second kappa shape index (κ2) is 6.39. The van der Waals surface area contributed by atoms with Crippen LogP contribution in [0.15, 0.2) is 48.5 Å². The van der Waals surface area contributed by atoms with E-state index >= 15 is 0 Å². The minimum Gasteiger partial charge on any atom is -0.492 e. The first-order chi connectivity index (χ1) is 9.95. The van der Waals surface area contributed by atoms with Gasteiger partial charge in [0.2, 0.25) is 0 Å². The lowest BCUT2D eigenvalue weighted by Gasteiger charge is -2.10. The SMILES string of the molecule is Nc1ccc(OCCNc2ccc(C(F)(F)F)cc2)cc1. The Labute approximate surface area is 120 Å². The summed E-state index contributed by atoms with van der Waals surface area (Å²) < 4.78 is 42.6. The molecule has 6 heteroatoms. The maximum Gasteiger partial charge on any atom is 0.416 e. The predicted molar refractivity (Wildman–Crippen MR) is 76.3 cm³/mol. The number of nitrogens with one attached hydrogen (secondary N) is 1. The summed E-state index contributed by atoms with van der Waals surface area (Å²) in [5.74, 6) is 0.693. The summed E-state index contributed by atoms with van der Waals surface area (Å²) in [4.78, 5) is 0. The quantitative estimate of drug-likeness (QED) is 0.652. The lowest BCUT2D eigenvalue weighted by Crippen LogP contribution is -2.12. The van der Waals surface area contributed by atoms with Gasteiger partial charge < -0.3 is 15.8 Å². The molecule has 0 spiro atoms. The third-order valence-corrected chi connectivity index (χ3v) is 2.79. The Kier molecular flexibility index (Phi) is 4.57. The number of hydrogen-bond acceptors (Lipinski definition) is 3. The summed E-state index contributed by atoms with van der Waals surface area (Å²) >= 11 is 0. The van der Waals surface area contributed by atoms with Gasteiger partial charge in [-0.1, -0.05) is 0 Å². The van der Waals surface area contributed by atoms with Gasteiger partial charge in [-0.15, -0.1) is 0 Å². The Balaban J connectivity index is 1.77. The van der Waals surface area contributed by atoms with Crippen molar-refractivity contribution >= 4 is 11.4 Å². The number of nitrogens with two attached hydrogens (primary N) is 1. The van der Waals surface area contributed by atoms with Gasteiger partial charge in [0.1, 0.15) is 12.4 Å². The average molecular weight is 296 g/mol. The van der Waals surface area contributed by atoms with E-state index in [-0.39, 0.29) is 0 Å². The molecule has 3 nitrogen and oxygen atoms in total. The van der Waals surface area contributed by atoms with Gasteiger partial charge >= 0.3 is 6.18 Å². The van der Waals surface area contributed by atoms with Gasteiger partial charge in [0, 0.05) is 17.9 Å². The highest BCUT2D eigenvalue weighted by atomic mass is 19.4. The fraction of sp³-hybridized carbons (Fsp3) is 0.200. The van der Waals surface area contributed by atoms with Gasteiger partial charge in [-0.2, -0.15) is 13.2 Å². The van der Waals surface area contributed by atoms with Crippen molar-refractivity contribution in [1.82, 2.24) is 0 Å². The number of halogens is 3. The molecule has 0 bridgehead atoms. The molecule has 0 aliphatic carbocycles. The Morgan fingerprint density at radius 2 is 1.57 bits per heavy atom. The standard InChI is InChI=1S/C15H15F3N2O/c16-15(17,18)11-1-5-13(6-2-11)20-9-10-21-14-7-3-12(19)4-8-14/h1-8,20H,9-10,19H2. The van der Waals surface area contributed by atoms with E-state index in [2.05, 4.69) is 5.32 Å². The van der Waals surface area contributed by atoms with Crippen molar-refractivity contribution in [3.05, 3.63) is 54.1 Å². The molecule has 0 saturated heterocycles. The first kappa shape index (κ1) is 15.0. The van der Waals surface area contributed by atoms with E-state index < -0.39 is 11.7 Å². The lowest BCUT2D eigenvalue weighted by atomic mass is 10.2. The van der Waals surface area contributed by atoms with Crippen LogP contribution in [-0.2, 0) is 6.18 Å². The second-order valence-corrected chi connectivity index (χ2v) is 4.42. The summed E-state index contributed by atoms with van der Waals surface area (Å²) in [6.07, 6.45) is -4.31. The Bertz CT molecular complexity index is 565. The number of anilines is 2. The van der Waals surface area contributed by atoms with Crippen LogP contribution in [0.25, 0.3) is 0 Å². The normalized spacial score (nSPS) is 11.2. The van der Waals surface area contributed by atoms with Crippen LogP contribution in [0.1, 0.15) is 5.56 Å². The molecule has 0 amide bonds.